The summed E-state index contributed by atoms with van der Waals surface area (Å²) in [5.41, 5.74) is 1.62. The number of nitrogens with one attached hydrogen (secondary N) is 1. The van der Waals surface area contributed by atoms with E-state index in [0.717, 1.165) is 11.1 Å². The minimum absolute atomic E-state index is 0.0578. The lowest BCUT2D eigenvalue weighted by atomic mass is 10.0. The number of amides is 2. The van der Waals surface area contributed by atoms with Gasteiger partial charge >= 0.3 is 0 Å². The summed E-state index contributed by atoms with van der Waals surface area (Å²) < 4.78 is 20.4. The lowest BCUT2D eigenvalue weighted by Crippen LogP contribution is -2.55. The van der Waals surface area contributed by atoms with Crippen LogP contribution in [0.4, 0.5) is 4.39 Å². The van der Waals surface area contributed by atoms with Crippen molar-refractivity contribution in [2.24, 2.45) is 0 Å². The molecule has 0 saturated heterocycles. The summed E-state index contributed by atoms with van der Waals surface area (Å²) in [7, 11) is 0. The van der Waals surface area contributed by atoms with Crippen LogP contribution in [0.2, 0.25) is 0 Å². The summed E-state index contributed by atoms with van der Waals surface area (Å²) in [5.74, 6) is -0.548. The second-order valence-corrected chi connectivity index (χ2v) is 9.61. The second-order valence-electron chi connectivity index (χ2n) is 9.61. The van der Waals surface area contributed by atoms with Crippen molar-refractivity contribution in [2.45, 2.75) is 52.2 Å². The molecule has 0 radical (unpaired) electrons. The summed E-state index contributed by atoms with van der Waals surface area (Å²) in [6, 6.07) is 22.3. The Labute approximate surface area is 206 Å². The number of para-hydroxylation sites is 1. The molecule has 1 unspecified atom stereocenters. The summed E-state index contributed by atoms with van der Waals surface area (Å²) >= 11 is 0. The highest BCUT2D eigenvalue weighted by Crippen LogP contribution is 2.20. The van der Waals surface area contributed by atoms with Gasteiger partial charge in [-0.1, -0.05) is 66.7 Å². The summed E-state index contributed by atoms with van der Waals surface area (Å²) in [5, 5.41) is 2.99. The van der Waals surface area contributed by atoms with Gasteiger partial charge in [0, 0.05) is 24.1 Å². The van der Waals surface area contributed by atoms with Crippen molar-refractivity contribution in [1.82, 2.24) is 10.2 Å². The fourth-order valence-corrected chi connectivity index (χ4v) is 3.76. The molecule has 3 aromatic rings. The highest BCUT2D eigenvalue weighted by atomic mass is 19.1. The Bertz CT molecular complexity index is 1140. The minimum Gasteiger partial charge on any atom is -0.484 e. The Morgan fingerprint density at radius 1 is 0.943 bits per heavy atom. The van der Waals surface area contributed by atoms with Gasteiger partial charge < -0.3 is 15.0 Å². The smallest absolute Gasteiger partial charge is 0.261 e. The highest BCUT2D eigenvalue weighted by Gasteiger charge is 2.33. The largest absolute Gasteiger partial charge is 0.484 e. The molecular weight excluding hydrogens is 443 g/mol. The zero-order chi connectivity index (χ0) is 25.4. The fraction of sp³-hybridized carbons (Fsp3) is 0.310. The maximum Gasteiger partial charge on any atom is 0.261 e. The molecule has 0 aliphatic carbocycles. The highest BCUT2D eigenvalue weighted by molar-refractivity contribution is 5.89. The van der Waals surface area contributed by atoms with Crippen molar-refractivity contribution >= 4 is 11.8 Å². The second kappa shape index (κ2) is 11.6. The number of halogens is 1. The summed E-state index contributed by atoms with van der Waals surface area (Å²) in [4.78, 5) is 28.4. The van der Waals surface area contributed by atoms with E-state index in [1.807, 2.05) is 76.2 Å². The van der Waals surface area contributed by atoms with E-state index in [-0.39, 0.29) is 25.5 Å². The number of nitrogens with zero attached hydrogens (tertiary/aromatic N) is 1. The van der Waals surface area contributed by atoms with Crippen molar-refractivity contribution in [3.05, 3.63) is 101 Å². The van der Waals surface area contributed by atoms with Gasteiger partial charge in [-0.25, -0.2) is 4.39 Å². The van der Waals surface area contributed by atoms with Crippen LogP contribution in [0.5, 0.6) is 5.75 Å². The summed E-state index contributed by atoms with van der Waals surface area (Å²) in [6.07, 6.45) is 0.285. The third-order valence-electron chi connectivity index (χ3n) is 5.51. The molecule has 184 valence electrons. The van der Waals surface area contributed by atoms with E-state index in [1.54, 1.807) is 24.3 Å². The monoisotopic (exact) mass is 476 g/mol. The van der Waals surface area contributed by atoms with Gasteiger partial charge in [0.15, 0.2) is 6.61 Å². The van der Waals surface area contributed by atoms with E-state index in [4.69, 9.17) is 4.74 Å². The predicted octanol–water partition coefficient (Wildman–Crippen LogP) is 5.07. The Hall–Kier alpha value is -3.67. The SMILES string of the molecule is Cc1ccccc1OCC(=O)N(Cc1ccccc1F)C(Cc1ccccc1)C(=O)NC(C)(C)C. The molecule has 1 N–H and O–H groups in total. The lowest BCUT2D eigenvalue weighted by molar-refractivity contribution is -0.143. The molecule has 3 aromatic carbocycles. The molecule has 0 saturated carbocycles. The van der Waals surface area contributed by atoms with E-state index in [1.165, 1.54) is 11.0 Å². The molecule has 3 rings (SSSR count). The number of benzene rings is 3. The van der Waals surface area contributed by atoms with Crippen molar-refractivity contribution in [1.29, 1.82) is 0 Å². The molecule has 0 bridgehead atoms. The van der Waals surface area contributed by atoms with Gasteiger partial charge in [0.2, 0.25) is 5.91 Å². The number of rotatable bonds is 9. The van der Waals surface area contributed by atoms with Crippen LogP contribution >= 0.6 is 0 Å². The first-order chi connectivity index (χ1) is 16.6. The summed E-state index contributed by atoms with van der Waals surface area (Å²) in [6.45, 7) is 7.22. The molecule has 0 aromatic heterocycles. The third kappa shape index (κ3) is 7.67. The molecule has 1 atom stereocenters. The van der Waals surface area contributed by atoms with Crippen LogP contribution in [0.1, 0.15) is 37.5 Å². The quantitative estimate of drug-likeness (QED) is 0.469. The molecule has 0 fully saturated rings. The van der Waals surface area contributed by atoms with E-state index >= 15 is 0 Å². The molecule has 0 spiro atoms. The van der Waals surface area contributed by atoms with E-state index in [9.17, 15) is 14.0 Å². The van der Waals surface area contributed by atoms with Gasteiger partial charge in [-0.05, 0) is 51.0 Å². The number of carbonyl (C=O) groups excluding carboxylic acids is 2. The minimum atomic E-state index is -0.857. The molecule has 0 heterocycles. The first kappa shape index (κ1) is 25.9. The van der Waals surface area contributed by atoms with Crippen LogP contribution in [0.15, 0.2) is 78.9 Å². The molecule has 0 aliphatic heterocycles. The Kier molecular flexibility index (Phi) is 8.63. The van der Waals surface area contributed by atoms with Crippen LogP contribution in [0.3, 0.4) is 0 Å². The number of hydrogen-bond donors (Lipinski definition) is 1. The number of carbonyl (C=O) groups is 2. The van der Waals surface area contributed by atoms with Crippen LogP contribution in [0.25, 0.3) is 0 Å². The zero-order valence-electron chi connectivity index (χ0n) is 20.8. The Balaban J connectivity index is 1.95. The zero-order valence-corrected chi connectivity index (χ0v) is 20.8. The fourth-order valence-electron chi connectivity index (χ4n) is 3.76. The molecule has 5 nitrogen and oxygen atoms in total. The maximum atomic E-state index is 14.6. The van der Waals surface area contributed by atoms with Crippen molar-refractivity contribution in [3.63, 3.8) is 0 Å². The van der Waals surface area contributed by atoms with Crippen LogP contribution in [-0.2, 0) is 22.6 Å². The maximum absolute atomic E-state index is 14.6. The van der Waals surface area contributed by atoms with Gasteiger partial charge in [0.1, 0.15) is 17.6 Å². The van der Waals surface area contributed by atoms with Gasteiger partial charge in [-0.15, -0.1) is 0 Å². The predicted molar refractivity (Wildman–Crippen MR) is 135 cm³/mol. The van der Waals surface area contributed by atoms with Crippen molar-refractivity contribution < 1.29 is 18.7 Å². The molecule has 0 aliphatic rings. The van der Waals surface area contributed by atoms with E-state index in [2.05, 4.69) is 5.32 Å². The normalized spacial score (nSPS) is 12.0. The Morgan fingerprint density at radius 3 is 2.23 bits per heavy atom. The average Bonchev–Trinajstić information content (AvgIpc) is 2.81. The van der Waals surface area contributed by atoms with Crippen LogP contribution < -0.4 is 10.1 Å². The number of ether oxygens (including phenoxy) is 1. The average molecular weight is 477 g/mol. The molecular formula is C29H33FN2O3. The molecule has 35 heavy (non-hydrogen) atoms. The van der Waals surface area contributed by atoms with E-state index < -0.39 is 23.3 Å². The van der Waals surface area contributed by atoms with Crippen molar-refractivity contribution in [3.8, 4) is 5.75 Å². The van der Waals surface area contributed by atoms with E-state index in [0.29, 0.717) is 11.3 Å². The van der Waals surface area contributed by atoms with Crippen LogP contribution in [0, 0.1) is 12.7 Å². The van der Waals surface area contributed by atoms with Gasteiger partial charge in [-0.3, -0.25) is 9.59 Å². The Morgan fingerprint density at radius 2 is 1.57 bits per heavy atom. The molecule has 6 heteroatoms. The lowest BCUT2D eigenvalue weighted by Gasteiger charge is -2.33. The first-order valence-electron chi connectivity index (χ1n) is 11.7. The third-order valence-corrected chi connectivity index (χ3v) is 5.51. The van der Waals surface area contributed by atoms with Crippen molar-refractivity contribution in [2.75, 3.05) is 6.61 Å². The van der Waals surface area contributed by atoms with Crippen LogP contribution in [-0.4, -0.2) is 34.9 Å². The number of aryl methyl sites for hydroxylation is 1. The molecule has 2 amide bonds. The number of hydrogen-bond acceptors (Lipinski definition) is 3. The van der Waals surface area contributed by atoms with Gasteiger partial charge in [0.25, 0.3) is 5.91 Å². The van der Waals surface area contributed by atoms with Gasteiger partial charge in [-0.2, -0.15) is 0 Å². The van der Waals surface area contributed by atoms with Gasteiger partial charge in [0.05, 0.1) is 0 Å². The standard InChI is InChI=1S/C29H33FN2O3/c1-21-12-8-11-17-26(21)35-20-27(33)32(19-23-15-9-10-16-24(23)30)25(28(34)31-29(2,3)4)18-22-13-6-5-7-14-22/h5-17,25H,18-20H2,1-4H3,(H,31,34). The first-order valence-corrected chi connectivity index (χ1v) is 11.7. The topological polar surface area (TPSA) is 58.6 Å².